The van der Waals surface area contributed by atoms with Crippen LogP contribution in [0, 0.1) is 0 Å². The van der Waals surface area contributed by atoms with Crippen LogP contribution in [-0.2, 0) is 0 Å². The molecule has 2 N–H and O–H groups in total. The minimum Gasteiger partial charge on any atom is -0.277 e. The van der Waals surface area contributed by atoms with E-state index in [1.54, 1.807) is 30.3 Å². The molecule has 6 nitrogen and oxygen atoms in total. The van der Waals surface area contributed by atoms with Crippen molar-refractivity contribution in [2.45, 2.75) is 14.9 Å². The zero-order chi connectivity index (χ0) is 20.8. The molecule has 0 atom stereocenters. The predicted molar refractivity (Wildman–Crippen MR) is 116 cm³/mol. The molecule has 29 heavy (non-hydrogen) atoms. The normalized spacial score (nSPS) is 10.4. The smallest absolute Gasteiger partial charge is 0.277 e. The van der Waals surface area contributed by atoms with Crippen molar-refractivity contribution in [3.05, 3.63) is 75.5 Å². The molecule has 0 spiro atoms. The van der Waals surface area contributed by atoms with Gasteiger partial charge in [-0.3, -0.25) is 14.8 Å². The molecule has 0 unspecified atom stereocenters. The van der Waals surface area contributed by atoms with Crippen molar-refractivity contribution in [3.63, 3.8) is 0 Å². The summed E-state index contributed by atoms with van der Waals surface area (Å²) in [5, 5.41) is 3.61. The molecule has 11 heteroatoms. The van der Waals surface area contributed by atoms with Gasteiger partial charge < -0.3 is 0 Å². The molecule has 1 aromatic heterocycles. The fourth-order valence-corrected chi connectivity index (χ4v) is 4.05. The quantitative estimate of drug-likeness (QED) is 0.272. The number of amides is 3. The number of hydrogen-bond donors (Lipinski definition) is 2. The highest BCUT2D eigenvalue weighted by molar-refractivity contribution is 7.99. The molecule has 148 valence electrons. The monoisotopic (exact) mass is 484 g/mol. The summed E-state index contributed by atoms with van der Waals surface area (Å²) >= 11 is 19.9. The third-order valence-electron chi connectivity index (χ3n) is 3.25. The van der Waals surface area contributed by atoms with E-state index in [1.807, 2.05) is 12.1 Å². The van der Waals surface area contributed by atoms with Crippen molar-refractivity contribution >= 4 is 70.5 Å². The summed E-state index contributed by atoms with van der Waals surface area (Å²) < 4.78 is 2.54. The first-order valence-corrected chi connectivity index (χ1v) is 10.7. The van der Waals surface area contributed by atoms with Crippen LogP contribution in [0.5, 0.6) is 0 Å². The molecule has 0 aliphatic rings. The topological polar surface area (TPSA) is 84.0 Å². The minimum atomic E-state index is -0.639. The van der Waals surface area contributed by atoms with E-state index < -0.39 is 11.9 Å². The number of carbonyl (C=O) groups excluding carboxylic acids is 2. The third-order valence-corrected chi connectivity index (χ3v) is 5.54. The van der Waals surface area contributed by atoms with Crippen molar-refractivity contribution in [2.24, 2.45) is 0 Å². The summed E-state index contributed by atoms with van der Waals surface area (Å²) in [6.45, 7) is 0. The largest absolute Gasteiger partial charge is 0.331 e. The van der Waals surface area contributed by atoms with Gasteiger partial charge in [0, 0.05) is 26.4 Å². The van der Waals surface area contributed by atoms with Crippen LogP contribution >= 0.6 is 58.5 Å². The van der Waals surface area contributed by atoms with Crippen molar-refractivity contribution < 1.29 is 9.59 Å². The number of rotatable bonds is 5. The molecule has 0 aliphatic heterocycles. The summed E-state index contributed by atoms with van der Waals surface area (Å²) in [7, 11) is 0. The second-order valence-electron chi connectivity index (χ2n) is 5.37. The van der Waals surface area contributed by atoms with Crippen LogP contribution in [0.25, 0.3) is 0 Å². The molecule has 0 saturated heterocycles. The number of aromatic nitrogens is 2. The highest BCUT2D eigenvalue weighted by Gasteiger charge is 2.11. The van der Waals surface area contributed by atoms with Gasteiger partial charge >= 0.3 is 6.03 Å². The molecule has 3 amide bonds. The Morgan fingerprint density at radius 2 is 1.52 bits per heavy atom. The van der Waals surface area contributed by atoms with Crippen LogP contribution in [0.4, 0.5) is 4.79 Å². The van der Waals surface area contributed by atoms with Gasteiger partial charge in [-0.1, -0.05) is 40.9 Å². The Kier molecular flexibility index (Phi) is 7.63. The maximum atomic E-state index is 12.0. The number of halogens is 3. The van der Waals surface area contributed by atoms with Gasteiger partial charge in [-0.25, -0.2) is 14.8 Å². The van der Waals surface area contributed by atoms with Crippen LogP contribution in [0.15, 0.2) is 69.5 Å². The highest BCUT2D eigenvalue weighted by atomic mass is 35.5. The van der Waals surface area contributed by atoms with E-state index in [1.165, 1.54) is 23.9 Å². The summed E-state index contributed by atoms with van der Waals surface area (Å²) in [6, 6.07) is 14.4. The molecule has 1 heterocycles. The predicted octanol–water partition coefficient (Wildman–Crippen LogP) is 5.73. The number of hydrogen-bond acceptors (Lipinski definition) is 6. The lowest BCUT2D eigenvalue weighted by Gasteiger charge is -2.07. The van der Waals surface area contributed by atoms with Gasteiger partial charge in [-0.05, 0) is 66.2 Å². The number of imide groups is 1. The van der Waals surface area contributed by atoms with Crippen molar-refractivity contribution in [1.29, 1.82) is 0 Å². The van der Waals surface area contributed by atoms with E-state index in [4.69, 9.17) is 34.8 Å². The average Bonchev–Trinajstić information content (AvgIpc) is 2.66. The Hall–Kier alpha value is -1.97. The molecule has 2 aromatic carbocycles. The van der Waals surface area contributed by atoms with E-state index in [2.05, 4.69) is 20.0 Å². The SMILES string of the molecule is O=C(NSc1ccc(Sc2nc(Cl)cc(Cl)n2)cc1)NC(=O)c1cccc(Cl)c1. The van der Waals surface area contributed by atoms with Gasteiger partial charge in [0.15, 0.2) is 5.16 Å². The minimum absolute atomic E-state index is 0.266. The highest BCUT2D eigenvalue weighted by Crippen LogP contribution is 2.28. The Morgan fingerprint density at radius 3 is 2.17 bits per heavy atom. The van der Waals surface area contributed by atoms with Crippen LogP contribution in [0.1, 0.15) is 10.4 Å². The number of urea groups is 1. The molecular formula is C18H11Cl3N4O2S2. The maximum Gasteiger partial charge on any atom is 0.331 e. The molecular weight excluding hydrogens is 475 g/mol. The second-order valence-corrected chi connectivity index (χ2v) is 8.50. The molecule has 3 aromatic rings. The molecule has 3 rings (SSSR count). The zero-order valence-corrected chi connectivity index (χ0v) is 18.3. The summed E-state index contributed by atoms with van der Waals surface area (Å²) in [6.07, 6.45) is 0. The van der Waals surface area contributed by atoms with Gasteiger partial charge in [0.05, 0.1) is 0 Å². The van der Waals surface area contributed by atoms with E-state index in [9.17, 15) is 9.59 Å². The van der Waals surface area contributed by atoms with Gasteiger partial charge in [0.1, 0.15) is 10.3 Å². The Morgan fingerprint density at radius 1 is 0.862 bits per heavy atom. The molecule has 0 aliphatic carbocycles. The number of carbonyl (C=O) groups is 2. The Bertz CT molecular complexity index is 1030. The number of nitrogens with zero attached hydrogens (tertiary/aromatic N) is 2. The maximum absolute atomic E-state index is 12.0. The van der Waals surface area contributed by atoms with Gasteiger partial charge in [-0.15, -0.1) is 0 Å². The molecule has 0 saturated carbocycles. The number of benzene rings is 2. The average molecular weight is 486 g/mol. The summed E-state index contributed by atoms with van der Waals surface area (Å²) in [5.74, 6) is -0.544. The van der Waals surface area contributed by atoms with Crippen LogP contribution in [0.3, 0.4) is 0 Å². The summed E-state index contributed by atoms with van der Waals surface area (Å²) in [5.41, 5.74) is 0.294. The van der Waals surface area contributed by atoms with Crippen LogP contribution < -0.4 is 10.0 Å². The standard InChI is InChI=1S/C18H11Cl3N4O2S2/c19-11-3-1-2-10(8-11)16(26)24-17(27)25-29-13-6-4-12(5-7-13)28-18-22-14(20)9-15(21)23-18/h1-9H,(H2,24,25,26,27). The molecule has 0 bridgehead atoms. The van der Waals surface area contributed by atoms with Crippen molar-refractivity contribution in [1.82, 2.24) is 20.0 Å². The first-order valence-electron chi connectivity index (χ1n) is 7.91. The van der Waals surface area contributed by atoms with E-state index in [0.717, 1.165) is 21.7 Å². The van der Waals surface area contributed by atoms with Gasteiger partial charge in [0.25, 0.3) is 5.91 Å². The van der Waals surface area contributed by atoms with Gasteiger partial charge in [-0.2, -0.15) is 0 Å². The first-order chi connectivity index (χ1) is 13.9. The van der Waals surface area contributed by atoms with E-state index in [-0.39, 0.29) is 10.3 Å². The Balaban J connectivity index is 1.52. The second kappa shape index (κ2) is 10.2. The lowest BCUT2D eigenvalue weighted by molar-refractivity contribution is 0.0965. The first kappa shape index (κ1) is 21.7. The van der Waals surface area contributed by atoms with Crippen molar-refractivity contribution in [2.75, 3.05) is 0 Å². The van der Waals surface area contributed by atoms with Crippen molar-refractivity contribution in [3.8, 4) is 0 Å². The van der Waals surface area contributed by atoms with E-state index >= 15 is 0 Å². The van der Waals surface area contributed by atoms with Crippen LogP contribution in [0.2, 0.25) is 15.3 Å². The lowest BCUT2D eigenvalue weighted by atomic mass is 10.2. The summed E-state index contributed by atoms with van der Waals surface area (Å²) in [4.78, 5) is 33.7. The number of nitrogens with one attached hydrogen (secondary N) is 2. The van der Waals surface area contributed by atoms with E-state index in [0.29, 0.717) is 15.7 Å². The van der Waals surface area contributed by atoms with Gasteiger partial charge in [0.2, 0.25) is 0 Å². The molecule has 0 radical (unpaired) electrons. The fourth-order valence-electron chi connectivity index (χ4n) is 2.03. The Labute approximate surface area is 189 Å². The lowest BCUT2D eigenvalue weighted by Crippen LogP contribution is -2.36. The van der Waals surface area contributed by atoms with Crippen LogP contribution in [-0.4, -0.2) is 21.9 Å². The fraction of sp³-hybridized carbons (Fsp3) is 0. The third kappa shape index (κ3) is 6.80. The molecule has 0 fully saturated rings. The zero-order valence-electron chi connectivity index (χ0n) is 14.4.